The molecule has 0 N–H and O–H groups in total. The SMILES string of the molecule is C1CC2CC1C13OC21O3. The average molecular weight is 124 g/mol. The predicted molar refractivity (Wildman–Crippen MR) is 28.5 cm³/mol. The lowest BCUT2D eigenvalue weighted by Crippen LogP contribution is -2.15. The lowest BCUT2D eigenvalue weighted by molar-refractivity contribution is -0.149. The highest BCUT2D eigenvalue weighted by Crippen LogP contribution is 2.84. The van der Waals surface area contributed by atoms with Crippen molar-refractivity contribution in [3.8, 4) is 0 Å². The van der Waals surface area contributed by atoms with Gasteiger partial charge in [-0.2, -0.15) is 0 Å². The van der Waals surface area contributed by atoms with E-state index in [1.807, 2.05) is 0 Å². The van der Waals surface area contributed by atoms with Crippen molar-refractivity contribution >= 4 is 0 Å². The second-order valence-corrected chi connectivity index (χ2v) is 3.75. The van der Waals surface area contributed by atoms with Crippen LogP contribution in [-0.2, 0) is 9.47 Å². The molecule has 2 heteroatoms. The fourth-order valence-corrected chi connectivity index (χ4v) is 2.98. The van der Waals surface area contributed by atoms with Crippen LogP contribution in [0.3, 0.4) is 0 Å². The molecule has 2 nitrogen and oxygen atoms in total. The first kappa shape index (κ1) is 3.94. The van der Waals surface area contributed by atoms with E-state index >= 15 is 0 Å². The third-order valence-electron chi connectivity index (χ3n) is 3.52. The molecule has 2 unspecified atom stereocenters. The number of hydrogen-bond donors (Lipinski definition) is 0. The molecule has 2 heterocycles. The van der Waals surface area contributed by atoms with Gasteiger partial charge in [0.05, 0.1) is 0 Å². The smallest absolute Gasteiger partial charge is 0.232 e. The van der Waals surface area contributed by atoms with E-state index in [9.17, 15) is 0 Å². The number of rotatable bonds is 0. The molecule has 0 spiro atoms. The van der Waals surface area contributed by atoms with Gasteiger partial charge in [0.25, 0.3) is 0 Å². The zero-order valence-corrected chi connectivity index (χ0v) is 5.09. The van der Waals surface area contributed by atoms with E-state index in [4.69, 9.17) is 9.47 Å². The Labute approximate surface area is 53.1 Å². The minimum absolute atomic E-state index is 0.0237. The van der Waals surface area contributed by atoms with E-state index in [-0.39, 0.29) is 11.6 Å². The molecule has 9 heavy (non-hydrogen) atoms. The van der Waals surface area contributed by atoms with E-state index in [2.05, 4.69) is 0 Å². The van der Waals surface area contributed by atoms with Crippen LogP contribution in [0.1, 0.15) is 19.3 Å². The third-order valence-corrected chi connectivity index (χ3v) is 3.52. The molecule has 2 atom stereocenters. The lowest BCUT2D eigenvalue weighted by Gasteiger charge is -2.12. The predicted octanol–water partition coefficient (Wildman–Crippen LogP) is 0.869. The fourth-order valence-electron chi connectivity index (χ4n) is 2.98. The quantitative estimate of drug-likeness (QED) is 0.447. The summed E-state index contributed by atoms with van der Waals surface area (Å²) in [6, 6.07) is 0. The molecular weight excluding hydrogens is 116 g/mol. The highest BCUT2D eigenvalue weighted by atomic mass is 17.1. The van der Waals surface area contributed by atoms with Gasteiger partial charge >= 0.3 is 0 Å². The summed E-state index contributed by atoms with van der Waals surface area (Å²) in [7, 11) is 0. The third kappa shape index (κ3) is 0.193. The first-order chi connectivity index (χ1) is 4.37. The maximum absolute atomic E-state index is 5.48. The number of hydrogen-bond acceptors (Lipinski definition) is 2. The Bertz CT molecular complexity index is 185. The Balaban J connectivity index is 2.00. The van der Waals surface area contributed by atoms with Crippen molar-refractivity contribution in [1.29, 1.82) is 0 Å². The number of epoxide rings is 2. The molecule has 0 amide bonds. The van der Waals surface area contributed by atoms with Crippen LogP contribution in [0.4, 0.5) is 0 Å². The Hall–Kier alpha value is -0.0800. The first-order valence-corrected chi connectivity index (χ1v) is 3.78. The van der Waals surface area contributed by atoms with E-state index in [1.54, 1.807) is 0 Å². The standard InChI is InChI=1S/C7H8O2/c1-2-5-3-4(1)6-7(5,8-6)9-6/h4-5H,1-3H2. The molecule has 0 aromatic rings. The van der Waals surface area contributed by atoms with Gasteiger partial charge in [0, 0.05) is 11.8 Å². The zero-order valence-electron chi connectivity index (χ0n) is 5.09. The molecule has 4 aliphatic rings. The maximum atomic E-state index is 5.48. The van der Waals surface area contributed by atoms with Crippen molar-refractivity contribution in [2.45, 2.75) is 30.8 Å². The summed E-state index contributed by atoms with van der Waals surface area (Å²) >= 11 is 0. The van der Waals surface area contributed by atoms with Gasteiger partial charge in [-0.1, -0.05) is 0 Å². The maximum Gasteiger partial charge on any atom is 0.232 e. The molecule has 48 valence electrons. The van der Waals surface area contributed by atoms with Crippen LogP contribution in [0.2, 0.25) is 0 Å². The molecule has 0 radical (unpaired) electrons. The van der Waals surface area contributed by atoms with Gasteiger partial charge in [0.1, 0.15) is 0 Å². The summed E-state index contributed by atoms with van der Waals surface area (Å²) in [4.78, 5) is 0. The summed E-state index contributed by atoms with van der Waals surface area (Å²) in [5.74, 6) is 1.61. The van der Waals surface area contributed by atoms with Crippen LogP contribution < -0.4 is 0 Å². The summed E-state index contributed by atoms with van der Waals surface area (Å²) < 4.78 is 11.0. The number of ether oxygens (including phenoxy) is 2. The number of fused-ring (bicyclic) bond motifs is 2. The second kappa shape index (κ2) is 0.722. The normalized spacial score (nSPS) is 80.0. The Morgan fingerprint density at radius 3 is 1.89 bits per heavy atom. The second-order valence-electron chi connectivity index (χ2n) is 3.75. The van der Waals surface area contributed by atoms with E-state index < -0.39 is 0 Å². The van der Waals surface area contributed by atoms with Gasteiger partial charge in [-0.25, -0.2) is 0 Å². The zero-order chi connectivity index (χ0) is 5.69. The summed E-state index contributed by atoms with van der Waals surface area (Å²) in [6.45, 7) is 0. The van der Waals surface area contributed by atoms with Crippen molar-refractivity contribution in [3.63, 3.8) is 0 Å². The summed E-state index contributed by atoms with van der Waals surface area (Å²) in [5, 5.41) is 0. The fraction of sp³-hybridized carbons (Fsp3) is 1.00. The van der Waals surface area contributed by atoms with Gasteiger partial charge in [-0.05, 0) is 19.3 Å². The molecule has 2 bridgehead atoms. The molecule has 2 aliphatic heterocycles. The lowest BCUT2D eigenvalue weighted by atomic mass is 10.0. The van der Waals surface area contributed by atoms with E-state index in [0.29, 0.717) is 0 Å². The van der Waals surface area contributed by atoms with Crippen LogP contribution in [0.25, 0.3) is 0 Å². The van der Waals surface area contributed by atoms with Crippen LogP contribution in [0, 0.1) is 11.8 Å². The van der Waals surface area contributed by atoms with Crippen LogP contribution in [-0.4, -0.2) is 11.6 Å². The summed E-state index contributed by atoms with van der Waals surface area (Å²) in [6.07, 6.45) is 4.10. The van der Waals surface area contributed by atoms with Gasteiger partial charge in [-0.3, -0.25) is 0 Å². The summed E-state index contributed by atoms with van der Waals surface area (Å²) in [5.41, 5.74) is 0. The van der Waals surface area contributed by atoms with E-state index in [1.165, 1.54) is 19.3 Å². The van der Waals surface area contributed by atoms with Crippen LogP contribution >= 0.6 is 0 Å². The van der Waals surface area contributed by atoms with Crippen LogP contribution in [0.5, 0.6) is 0 Å². The molecule has 0 aromatic heterocycles. The molecule has 0 aromatic carbocycles. The molecule has 2 saturated heterocycles. The van der Waals surface area contributed by atoms with Crippen molar-refractivity contribution in [3.05, 3.63) is 0 Å². The van der Waals surface area contributed by atoms with E-state index in [0.717, 1.165) is 11.8 Å². The largest absolute Gasteiger partial charge is 0.306 e. The van der Waals surface area contributed by atoms with Gasteiger partial charge in [0.15, 0.2) is 0 Å². The Morgan fingerprint density at radius 1 is 1.00 bits per heavy atom. The highest BCUT2D eigenvalue weighted by molar-refractivity contribution is 5.31. The van der Waals surface area contributed by atoms with Gasteiger partial charge < -0.3 is 9.47 Å². The molecule has 2 saturated carbocycles. The minimum Gasteiger partial charge on any atom is -0.306 e. The monoisotopic (exact) mass is 124 g/mol. The molecular formula is C7H8O2. The van der Waals surface area contributed by atoms with Gasteiger partial charge in [-0.15, -0.1) is 0 Å². The molecule has 2 aliphatic carbocycles. The van der Waals surface area contributed by atoms with Crippen molar-refractivity contribution < 1.29 is 9.47 Å². The average Bonchev–Trinajstić information content (AvgIpc) is 2.51. The topological polar surface area (TPSA) is 25.1 Å². The minimum atomic E-state index is 0.0237. The highest BCUT2D eigenvalue weighted by Gasteiger charge is 3.00. The first-order valence-electron chi connectivity index (χ1n) is 3.78. The van der Waals surface area contributed by atoms with Crippen LogP contribution in [0.15, 0.2) is 0 Å². The Morgan fingerprint density at radius 2 is 1.56 bits per heavy atom. The van der Waals surface area contributed by atoms with Crippen molar-refractivity contribution in [1.82, 2.24) is 0 Å². The van der Waals surface area contributed by atoms with Crippen molar-refractivity contribution in [2.24, 2.45) is 11.8 Å². The molecule has 4 fully saturated rings. The van der Waals surface area contributed by atoms with Gasteiger partial charge in [0.2, 0.25) is 11.6 Å². The Kier molecular flexibility index (Phi) is 0.316. The van der Waals surface area contributed by atoms with Crippen molar-refractivity contribution in [2.75, 3.05) is 0 Å². The molecule has 4 rings (SSSR count).